The molecule has 0 aliphatic carbocycles. The predicted molar refractivity (Wildman–Crippen MR) is 125 cm³/mol. The highest BCUT2D eigenvalue weighted by molar-refractivity contribution is 6.32. The van der Waals surface area contributed by atoms with Gasteiger partial charge in [-0.15, -0.1) is 0 Å². The fourth-order valence-electron chi connectivity index (χ4n) is 2.71. The first-order chi connectivity index (χ1) is 15.9. The van der Waals surface area contributed by atoms with Gasteiger partial charge >= 0.3 is 0 Å². The van der Waals surface area contributed by atoms with Crippen molar-refractivity contribution in [2.24, 2.45) is 5.10 Å². The third-order valence-corrected chi connectivity index (χ3v) is 4.68. The maximum Gasteiger partial charge on any atom is 0.284 e. The van der Waals surface area contributed by atoms with Crippen LogP contribution in [-0.2, 0) is 4.79 Å². The molecule has 3 aromatic carbocycles. The average molecular weight is 468 g/mol. The number of hydrogen-bond donors (Lipinski definition) is 3. The van der Waals surface area contributed by atoms with E-state index in [1.807, 2.05) is 0 Å². The molecule has 0 bridgehead atoms. The van der Waals surface area contributed by atoms with Crippen molar-refractivity contribution in [1.29, 1.82) is 0 Å². The number of nitrogens with zero attached hydrogens (tertiary/aromatic N) is 1. The molecule has 0 atom stereocenters. The van der Waals surface area contributed by atoms with Crippen molar-refractivity contribution in [3.05, 3.63) is 94.3 Å². The Morgan fingerprint density at radius 1 is 1.06 bits per heavy atom. The fourth-order valence-corrected chi connectivity index (χ4v) is 2.89. The van der Waals surface area contributed by atoms with Crippen LogP contribution in [0.5, 0.6) is 11.5 Å². The van der Waals surface area contributed by atoms with Crippen LogP contribution in [0.4, 0.5) is 10.1 Å². The summed E-state index contributed by atoms with van der Waals surface area (Å²) in [7, 11) is 1.40. The summed E-state index contributed by atoms with van der Waals surface area (Å²) in [5.74, 6) is -2.25. The molecule has 0 saturated carbocycles. The first-order valence-electron chi connectivity index (χ1n) is 9.61. The van der Waals surface area contributed by atoms with Crippen molar-refractivity contribution in [3.63, 3.8) is 0 Å². The van der Waals surface area contributed by atoms with Crippen molar-refractivity contribution >= 4 is 41.4 Å². The van der Waals surface area contributed by atoms with Gasteiger partial charge in [0.1, 0.15) is 11.5 Å². The minimum Gasteiger partial charge on any atom is -0.506 e. The summed E-state index contributed by atoms with van der Waals surface area (Å²) in [4.78, 5) is 24.3. The van der Waals surface area contributed by atoms with Crippen molar-refractivity contribution in [3.8, 4) is 11.5 Å². The molecule has 0 aliphatic rings. The van der Waals surface area contributed by atoms with Crippen LogP contribution in [0, 0.1) is 0 Å². The molecule has 0 spiro atoms. The Morgan fingerprint density at radius 3 is 2.52 bits per heavy atom. The Bertz CT molecular complexity index is 1230. The van der Waals surface area contributed by atoms with E-state index in [-0.39, 0.29) is 27.8 Å². The molecular formula is C24H19ClFN3O4. The van der Waals surface area contributed by atoms with Gasteiger partial charge in [0, 0.05) is 5.56 Å². The summed E-state index contributed by atoms with van der Waals surface area (Å²) >= 11 is 5.79. The van der Waals surface area contributed by atoms with Gasteiger partial charge in [0.15, 0.2) is 5.83 Å². The number of carbonyl (C=O) groups is 2. The first kappa shape index (κ1) is 23.5. The van der Waals surface area contributed by atoms with Gasteiger partial charge in [0.2, 0.25) is 0 Å². The van der Waals surface area contributed by atoms with Crippen LogP contribution in [0.25, 0.3) is 6.08 Å². The van der Waals surface area contributed by atoms with Crippen LogP contribution < -0.4 is 15.5 Å². The second-order valence-corrected chi connectivity index (χ2v) is 7.09. The number of methoxy groups -OCH3 is 1. The highest BCUT2D eigenvalue weighted by atomic mass is 35.5. The van der Waals surface area contributed by atoms with Gasteiger partial charge in [-0.1, -0.05) is 48.0 Å². The van der Waals surface area contributed by atoms with Crippen LogP contribution in [0.1, 0.15) is 21.5 Å². The van der Waals surface area contributed by atoms with Crippen molar-refractivity contribution < 1.29 is 23.8 Å². The first-order valence-corrected chi connectivity index (χ1v) is 9.98. The van der Waals surface area contributed by atoms with Crippen LogP contribution in [-0.4, -0.2) is 30.2 Å². The summed E-state index contributed by atoms with van der Waals surface area (Å²) in [5, 5.41) is 15.8. The lowest BCUT2D eigenvalue weighted by Crippen LogP contribution is -2.17. The monoisotopic (exact) mass is 467 g/mol. The number of carbonyl (C=O) groups excluding carboxylic acids is 2. The zero-order valence-corrected chi connectivity index (χ0v) is 18.1. The molecule has 0 radical (unpaired) electrons. The van der Waals surface area contributed by atoms with Gasteiger partial charge in [-0.05, 0) is 47.5 Å². The highest BCUT2D eigenvalue weighted by Crippen LogP contribution is 2.26. The fraction of sp³-hybridized carbons (Fsp3) is 0.0417. The molecule has 3 N–H and O–H groups in total. The summed E-state index contributed by atoms with van der Waals surface area (Å²) in [5.41, 5.74) is 3.93. The number of aromatic hydroxyl groups is 1. The van der Waals surface area contributed by atoms with Gasteiger partial charge in [-0.25, -0.2) is 9.82 Å². The molecule has 9 heteroatoms. The predicted octanol–water partition coefficient (Wildman–Crippen LogP) is 4.77. The Morgan fingerprint density at radius 2 is 1.82 bits per heavy atom. The Balaban J connectivity index is 1.66. The molecule has 2 amide bonds. The SMILES string of the molecule is COc1cc(C=NNC(=O)c2ccc(O)c(Cl)c2)ccc1NC(=O)C(F)=Cc1ccccc1. The lowest BCUT2D eigenvalue weighted by atomic mass is 10.2. The molecule has 0 saturated heterocycles. The average Bonchev–Trinajstić information content (AvgIpc) is 2.82. The van der Waals surface area contributed by atoms with Crippen molar-refractivity contribution in [2.75, 3.05) is 12.4 Å². The molecule has 0 fully saturated rings. The van der Waals surface area contributed by atoms with Gasteiger partial charge in [0.05, 0.1) is 24.0 Å². The number of hydrazone groups is 1. The molecule has 3 rings (SSSR count). The summed E-state index contributed by atoms with van der Waals surface area (Å²) in [6, 6.07) is 17.3. The topological polar surface area (TPSA) is 100 Å². The molecule has 33 heavy (non-hydrogen) atoms. The number of rotatable bonds is 7. The Kier molecular flexibility index (Phi) is 7.77. The van der Waals surface area contributed by atoms with Crippen molar-refractivity contribution in [1.82, 2.24) is 5.43 Å². The zero-order chi connectivity index (χ0) is 23.8. The van der Waals surface area contributed by atoms with Gasteiger partial charge < -0.3 is 15.2 Å². The van der Waals surface area contributed by atoms with Crippen LogP contribution in [0.3, 0.4) is 0 Å². The quantitative estimate of drug-likeness (QED) is 0.265. The molecule has 0 heterocycles. The van der Waals surface area contributed by atoms with E-state index >= 15 is 0 Å². The largest absolute Gasteiger partial charge is 0.506 e. The molecule has 0 unspecified atom stereocenters. The Labute approximate surface area is 194 Å². The molecule has 7 nitrogen and oxygen atoms in total. The zero-order valence-electron chi connectivity index (χ0n) is 17.4. The van der Waals surface area contributed by atoms with Crippen LogP contribution in [0.15, 0.2) is 77.7 Å². The molecule has 0 aliphatic heterocycles. The molecule has 3 aromatic rings. The second-order valence-electron chi connectivity index (χ2n) is 6.68. The maximum atomic E-state index is 14.2. The molecule has 0 aromatic heterocycles. The Hall–Kier alpha value is -4.17. The number of halogens is 2. The van der Waals surface area contributed by atoms with E-state index < -0.39 is 17.6 Å². The van der Waals surface area contributed by atoms with E-state index in [0.29, 0.717) is 11.1 Å². The minimum absolute atomic E-state index is 0.0454. The van der Waals surface area contributed by atoms with Crippen molar-refractivity contribution in [2.45, 2.75) is 0 Å². The van der Waals surface area contributed by atoms with Crippen LogP contribution in [0.2, 0.25) is 5.02 Å². The number of anilines is 1. The molecule has 168 valence electrons. The van der Waals surface area contributed by atoms with E-state index in [1.165, 1.54) is 37.6 Å². The van der Waals surface area contributed by atoms with Gasteiger partial charge in [-0.2, -0.15) is 5.10 Å². The number of phenols is 1. The van der Waals surface area contributed by atoms with E-state index in [4.69, 9.17) is 16.3 Å². The van der Waals surface area contributed by atoms with Gasteiger partial charge in [0.25, 0.3) is 11.8 Å². The highest BCUT2D eigenvalue weighted by Gasteiger charge is 2.13. The minimum atomic E-state index is -0.953. The number of amides is 2. The van der Waals surface area contributed by atoms with E-state index in [1.54, 1.807) is 42.5 Å². The maximum absolute atomic E-state index is 14.2. The lowest BCUT2D eigenvalue weighted by molar-refractivity contribution is -0.114. The summed E-state index contributed by atoms with van der Waals surface area (Å²) in [6.45, 7) is 0. The summed E-state index contributed by atoms with van der Waals surface area (Å²) in [6.07, 6.45) is 2.50. The lowest BCUT2D eigenvalue weighted by Gasteiger charge is -2.10. The third kappa shape index (κ3) is 6.41. The van der Waals surface area contributed by atoms with Crippen LogP contribution >= 0.6 is 11.6 Å². The third-order valence-electron chi connectivity index (χ3n) is 4.37. The number of phenolic OH excluding ortho intramolecular Hbond substituents is 1. The van der Waals surface area contributed by atoms with E-state index in [2.05, 4.69) is 15.8 Å². The number of nitrogens with one attached hydrogen (secondary N) is 2. The number of ether oxygens (including phenoxy) is 1. The second kappa shape index (κ2) is 10.9. The van der Waals surface area contributed by atoms with E-state index in [0.717, 1.165) is 6.08 Å². The normalized spacial score (nSPS) is 11.3. The van der Waals surface area contributed by atoms with E-state index in [9.17, 15) is 19.1 Å². The number of hydrogen-bond acceptors (Lipinski definition) is 5. The smallest absolute Gasteiger partial charge is 0.284 e. The van der Waals surface area contributed by atoms with Gasteiger partial charge in [-0.3, -0.25) is 9.59 Å². The number of benzene rings is 3. The molecular weight excluding hydrogens is 449 g/mol. The standard InChI is InChI=1S/C24H19ClFN3O4/c1-33-22-12-16(14-27-29-23(31)17-8-10-21(30)18(25)13-17)7-9-20(22)28-24(32)19(26)11-15-5-3-2-4-6-15/h2-14,30H,1H3,(H,28,32)(H,29,31). The summed E-state index contributed by atoms with van der Waals surface area (Å²) < 4.78 is 19.5.